The van der Waals surface area contributed by atoms with Gasteiger partial charge in [0.05, 0.1) is 18.8 Å². The lowest BCUT2D eigenvalue weighted by molar-refractivity contribution is -0.134. The van der Waals surface area contributed by atoms with Crippen LogP contribution in [0.2, 0.25) is 0 Å². The molecule has 5 nitrogen and oxygen atoms in total. The number of piperidine rings is 1. The maximum Gasteiger partial charge on any atom is 0.108 e. The van der Waals surface area contributed by atoms with Crippen molar-refractivity contribution in [1.29, 1.82) is 0 Å². The summed E-state index contributed by atoms with van der Waals surface area (Å²) in [5, 5.41) is 36.8. The third kappa shape index (κ3) is 2.18. The minimum Gasteiger partial charge on any atom is -0.395 e. The van der Waals surface area contributed by atoms with Crippen LogP contribution in [0, 0.1) is 0 Å². The fraction of sp³-hybridized carbons (Fsp3) is 1.00. The maximum atomic E-state index is 9.48. The van der Waals surface area contributed by atoms with E-state index in [2.05, 4.69) is 0 Å². The van der Waals surface area contributed by atoms with Gasteiger partial charge in [-0.1, -0.05) is 0 Å². The van der Waals surface area contributed by atoms with Gasteiger partial charge in [0.2, 0.25) is 0 Å². The highest BCUT2D eigenvalue weighted by molar-refractivity contribution is 4.91. The van der Waals surface area contributed by atoms with Gasteiger partial charge < -0.3 is 20.4 Å². The molecule has 0 amide bonds. The van der Waals surface area contributed by atoms with Gasteiger partial charge in [0.1, 0.15) is 6.10 Å². The van der Waals surface area contributed by atoms with E-state index in [0.29, 0.717) is 13.1 Å². The molecule has 0 saturated carbocycles. The van der Waals surface area contributed by atoms with Gasteiger partial charge in [-0.25, -0.2) is 0 Å². The zero-order chi connectivity index (χ0) is 10.0. The van der Waals surface area contributed by atoms with Gasteiger partial charge in [-0.05, 0) is 6.92 Å². The van der Waals surface area contributed by atoms with E-state index in [1.165, 1.54) is 0 Å². The molecular weight excluding hydrogens is 174 g/mol. The number of aliphatic hydroxyl groups is 4. The molecule has 5 heteroatoms. The lowest BCUT2D eigenvalue weighted by Gasteiger charge is -2.41. The Balaban J connectivity index is 2.59. The van der Waals surface area contributed by atoms with E-state index in [1.807, 2.05) is 0 Å². The normalized spacial score (nSPS) is 42.2. The molecule has 1 rings (SSSR count). The second-order valence-electron chi connectivity index (χ2n) is 3.51. The van der Waals surface area contributed by atoms with Crippen molar-refractivity contribution in [1.82, 2.24) is 4.90 Å². The molecule has 0 aromatic rings. The van der Waals surface area contributed by atoms with E-state index in [4.69, 9.17) is 5.11 Å². The number of nitrogens with zero attached hydrogens (tertiary/aromatic N) is 1. The van der Waals surface area contributed by atoms with Gasteiger partial charge in [0, 0.05) is 19.1 Å². The summed E-state index contributed by atoms with van der Waals surface area (Å²) in [5.74, 6) is 0. The minimum absolute atomic E-state index is 0.0140. The van der Waals surface area contributed by atoms with Gasteiger partial charge in [0.25, 0.3) is 0 Å². The summed E-state index contributed by atoms with van der Waals surface area (Å²) in [6, 6.07) is -0.231. The monoisotopic (exact) mass is 191 g/mol. The van der Waals surface area contributed by atoms with Crippen molar-refractivity contribution in [3.8, 4) is 0 Å². The quantitative estimate of drug-likeness (QED) is 0.397. The van der Waals surface area contributed by atoms with Crippen molar-refractivity contribution < 1.29 is 20.4 Å². The van der Waals surface area contributed by atoms with E-state index in [0.717, 1.165) is 0 Å². The SMILES string of the molecule is CC1[C@H](O)C(O)C(O)CN1CCO. The van der Waals surface area contributed by atoms with Gasteiger partial charge in [-0.3, -0.25) is 4.90 Å². The molecule has 0 spiro atoms. The summed E-state index contributed by atoms with van der Waals surface area (Å²) in [6.45, 7) is 2.44. The molecule has 13 heavy (non-hydrogen) atoms. The fourth-order valence-corrected chi connectivity index (χ4v) is 1.67. The number of hydrogen-bond donors (Lipinski definition) is 4. The summed E-state index contributed by atoms with van der Waals surface area (Å²) in [4.78, 5) is 1.75. The van der Waals surface area contributed by atoms with E-state index in [9.17, 15) is 15.3 Å². The Morgan fingerprint density at radius 2 is 1.85 bits per heavy atom. The molecule has 0 aliphatic carbocycles. The molecule has 78 valence electrons. The van der Waals surface area contributed by atoms with Crippen LogP contribution in [0.4, 0.5) is 0 Å². The highest BCUT2D eigenvalue weighted by Gasteiger charge is 2.38. The van der Waals surface area contributed by atoms with Crippen molar-refractivity contribution in [2.75, 3.05) is 19.7 Å². The smallest absolute Gasteiger partial charge is 0.108 e. The summed E-state index contributed by atoms with van der Waals surface area (Å²) in [5.41, 5.74) is 0. The Morgan fingerprint density at radius 3 is 2.38 bits per heavy atom. The van der Waals surface area contributed by atoms with Gasteiger partial charge in [-0.2, -0.15) is 0 Å². The van der Waals surface area contributed by atoms with Crippen molar-refractivity contribution in [2.45, 2.75) is 31.3 Å². The molecule has 4 N–H and O–H groups in total. The van der Waals surface area contributed by atoms with Crippen molar-refractivity contribution in [3.05, 3.63) is 0 Å². The summed E-state index contributed by atoms with van der Waals surface area (Å²) >= 11 is 0. The van der Waals surface area contributed by atoms with Gasteiger partial charge in [0.15, 0.2) is 0 Å². The first-order chi connectivity index (χ1) is 6.07. The number of β-amino-alcohol motifs (C(OH)–C–C–N with tert-alkyl or cyclic N) is 2. The largest absolute Gasteiger partial charge is 0.395 e. The van der Waals surface area contributed by atoms with Crippen LogP contribution in [0.15, 0.2) is 0 Å². The zero-order valence-electron chi connectivity index (χ0n) is 7.67. The van der Waals surface area contributed by atoms with E-state index >= 15 is 0 Å². The maximum absolute atomic E-state index is 9.48. The number of likely N-dealkylation sites (tertiary alicyclic amines) is 1. The second kappa shape index (κ2) is 4.34. The summed E-state index contributed by atoms with van der Waals surface area (Å²) < 4.78 is 0. The average molecular weight is 191 g/mol. The number of rotatable bonds is 2. The minimum atomic E-state index is -1.08. The van der Waals surface area contributed by atoms with E-state index in [-0.39, 0.29) is 12.6 Å². The predicted molar refractivity (Wildman–Crippen MR) is 46.1 cm³/mol. The molecule has 1 aliphatic rings. The van der Waals surface area contributed by atoms with Crippen LogP contribution >= 0.6 is 0 Å². The molecule has 0 radical (unpaired) electrons. The topological polar surface area (TPSA) is 84.2 Å². The van der Waals surface area contributed by atoms with Crippen LogP contribution in [-0.2, 0) is 0 Å². The third-order valence-electron chi connectivity index (χ3n) is 2.62. The number of aliphatic hydroxyl groups excluding tert-OH is 4. The number of hydrogen-bond acceptors (Lipinski definition) is 5. The van der Waals surface area contributed by atoms with Crippen LogP contribution < -0.4 is 0 Å². The Bertz CT molecular complexity index is 166. The fourth-order valence-electron chi connectivity index (χ4n) is 1.67. The summed E-state index contributed by atoms with van der Waals surface area (Å²) in [6.07, 6.45) is -2.96. The average Bonchev–Trinajstić information content (AvgIpc) is 2.11. The van der Waals surface area contributed by atoms with Crippen molar-refractivity contribution >= 4 is 0 Å². The molecule has 0 aromatic heterocycles. The van der Waals surface area contributed by atoms with E-state index < -0.39 is 18.3 Å². The first-order valence-corrected chi connectivity index (χ1v) is 4.47. The van der Waals surface area contributed by atoms with Gasteiger partial charge in [-0.15, -0.1) is 0 Å². The molecule has 3 unspecified atom stereocenters. The predicted octanol–water partition coefficient (Wildman–Crippen LogP) is -2.23. The third-order valence-corrected chi connectivity index (χ3v) is 2.62. The van der Waals surface area contributed by atoms with Crippen LogP contribution in [0.3, 0.4) is 0 Å². The Morgan fingerprint density at radius 1 is 1.23 bits per heavy atom. The standard InChI is InChI=1S/C8H17NO4/c1-5-7(12)8(13)6(11)4-9(5)2-3-10/h5-8,10-13H,2-4H2,1H3/t5?,6?,7-,8?/m0/s1. The van der Waals surface area contributed by atoms with Crippen LogP contribution in [-0.4, -0.2) is 69.4 Å². The molecule has 1 saturated heterocycles. The Hall–Kier alpha value is -0.200. The first kappa shape index (κ1) is 10.9. The van der Waals surface area contributed by atoms with Crippen molar-refractivity contribution in [3.63, 3.8) is 0 Å². The lowest BCUT2D eigenvalue weighted by Crippen LogP contribution is -2.60. The highest BCUT2D eigenvalue weighted by atomic mass is 16.4. The van der Waals surface area contributed by atoms with Crippen molar-refractivity contribution in [2.24, 2.45) is 0 Å². The molecule has 4 atom stereocenters. The molecule has 0 bridgehead atoms. The molecule has 1 aliphatic heterocycles. The first-order valence-electron chi connectivity index (χ1n) is 4.47. The Labute approximate surface area is 77.2 Å². The zero-order valence-corrected chi connectivity index (χ0v) is 7.67. The highest BCUT2D eigenvalue weighted by Crippen LogP contribution is 2.17. The molecule has 1 heterocycles. The molecular formula is C8H17NO4. The molecule has 1 fully saturated rings. The van der Waals surface area contributed by atoms with Crippen LogP contribution in [0.5, 0.6) is 0 Å². The Kier molecular flexibility index (Phi) is 3.63. The lowest BCUT2D eigenvalue weighted by atomic mass is 9.95. The van der Waals surface area contributed by atoms with Crippen LogP contribution in [0.1, 0.15) is 6.92 Å². The summed E-state index contributed by atoms with van der Waals surface area (Å²) in [7, 11) is 0. The van der Waals surface area contributed by atoms with Gasteiger partial charge >= 0.3 is 0 Å². The second-order valence-corrected chi connectivity index (χ2v) is 3.51. The molecule has 0 aromatic carbocycles. The van der Waals surface area contributed by atoms with E-state index in [1.54, 1.807) is 11.8 Å². The van der Waals surface area contributed by atoms with Crippen LogP contribution in [0.25, 0.3) is 0 Å².